The van der Waals surface area contributed by atoms with E-state index < -0.39 is 5.97 Å². The first-order valence-electron chi connectivity index (χ1n) is 5.68. The maximum Gasteiger partial charge on any atom is 0.337 e. The minimum absolute atomic E-state index is 0.113. The van der Waals surface area contributed by atoms with Gasteiger partial charge in [0.2, 0.25) is 0 Å². The highest BCUT2D eigenvalue weighted by atomic mass is 19.1. The van der Waals surface area contributed by atoms with Crippen molar-refractivity contribution < 1.29 is 14.3 Å². The van der Waals surface area contributed by atoms with E-state index in [0.717, 1.165) is 5.56 Å². The average Bonchev–Trinajstić information content (AvgIpc) is 2.39. The molecule has 0 aromatic heterocycles. The van der Waals surface area contributed by atoms with Gasteiger partial charge in [-0.25, -0.2) is 9.18 Å². The highest BCUT2D eigenvalue weighted by Gasteiger charge is 2.11. The predicted octanol–water partition coefficient (Wildman–Crippen LogP) is 2.72. The molecule has 0 heterocycles. The van der Waals surface area contributed by atoms with E-state index in [1.54, 1.807) is 24.3 Å². The summed E-state index contributed by atoms with van der Waals surface area (Å²) in [6, 6.07) is 10.6. The highest BCUT2D eigenvalue weighted by molar-refractivity contribution is 5.97. The van der Waals surface area contributed by atoms with Crippen LogP contribution in [0.15, 0.2) is 42.5 Å². The molecule has 2 aromatic carbocycles. The fraction of sp³-hybridized carbons (Fsp3) is 0.0714. The van der Waals surface area contributed by atoms with Gasteiger partial charge in [-0.15, -0.1) is 0 Å². The Kier molecular flexibility index (Phi) is 3.66. The molecule has 98 valence electrons. The van der Waals surface area contributed by atoms with Crippen LogP contribution in [0.3, 0.4) is 0 Å². The van der Waals surface area contributed by atoms with Crippen molar-refractivity contribution in [3.8, 4) is 0 Å². The van der Waals surface area contributed by atoms with Gasteiger partial charge >= 0.3 is 5.97 Å². The summed E-state index contributed by atoms with van der Waals surface area (Å²) in [4.78, 5) is 11.1. The van der Waals surface area contributed by atoms with Crippen LogP contribution in [0.4, 0.5) is 15.8 Å². The highest BCUT2D eigenvalue weighted by Crippen LogP contribution is 2.24. The van der Waals surface area contributed by atoms with E-state index in [0.29, 0.717) is 17.9 Å². The van der Waals surface area contributed by atoms with E-state index in [1.165, 1.54) is 18.2 Å². The van der Waals surface area contributed by atoms with Gasteiger partial charge in [-0.1, -0.05) is 18.2 Å². The van der Waals surface area contributed by atoms with Gasteiger partial charge < -0.3 is 16.2 Å². The first-order chi connectivity index (χ1) is 9.08. The number of nitrogens with two attached hydrogens (primary N) is 1. The van der Waals surface area contributed by atoms with Gasteiger partial charge in [-0.3, -0.25) is 0 Å². The van der Waals surface area contributed by atoms with Gasteiger partial charge in [0.05, 0.1) is 16.9 Å². The lowest BCUT2D eigenvalue weighted by Crippen LogP contribution is -2.08. The van der Waals surface area contributed by atoms with Crippen molar-refractivity contribution >= 4 is 17.3 Å². The molecular formula is C14H13FN2O2. The quantitative estimate of drug-likeness (QED) is 0.739. The van der Waals surface area contributed by atoms with E-state index >= 15 is 0 Å². The molecule has 0 saturated heterocycles. The smallest absolute Gasteiger partial charge is 0.337 e. The first kappa shape index (κ1) is 12.9. The molecule has 5 heteroatoms. The van der Waals surface area contributed by atoms with Crippen LogP contribution < -0.4 is 11.1 Å². The number of nitrogens with one attached hydrogen (secondary N) is 1. The van der Waals surface area contributed by atoms with Gasteiger partial charge in [-0.05, 0) is 29.8 Å². The second-order valence-corrected chi connectivity index (χ2v) is 4.05. The zero-order valence-corrected chi connectivity index (χ0v) is 10.1. The molecule has 0 radical (unpaired) electrons. The summed E-state index contributed by atoms with van der Waals surface area (Å²) in [5, 5.41) is 12.0. The number of benzene rings is 2. The minimum atomic E-state index is -1.05. The van der Waals surface area contributed by atoms with Crippen molar-refractivity contribution in [1.29, 1.82) is 0 Å². The van der Waals surface area contributed by atoms with E-state index in [1.807, 2.05) is 0 Å². The maximum absolute atomic E-state index is 12.8. The number of hydrogen-bond acceptors (Lipinski definition) is 3. The molecule has 0 amide bonds. The number of carboxylic acids is 1. The summed E-state index contributed by atoms with van der Waals surface area (Å²) in [7, 11) is 0. The maximum atomic E-state index is 12.8. The second-order valence-electron chi connectivity index (χ2n) is 4.05. The summed E-state index contributed by atoms with van der Waals surface area (Å²) in [5.41, 5.74) is 7.45. The van der Waals surface area contributed by atoms with Crippen molar-refractivity contribution in [2.24, 2.45) is 0 Å². The molecule has 4 N–H and O–H groups in total. The Labute approximate surface area is 109 Å². The minimum Gasteiger partial charge on any atom is -0.478 e. The number of para-hydroxylation sites is 1. The molecule has 0 unspecified atom stereocenters. The van der Waals surface area contributed by atoms with E-state index in [-0.39, 0.29) is 11.4 Å². The van der Waals surface area contributed by atoms with Crippen LogP contribution in [0.25, 0.3) is 0 Å². The summed E-state index contributed by atoms with van der Waals surface area (Å²) in [6.07, 6.45) is 0. The fourth-order valence-corrected chi connectivity index (χ4v) is 1.74. The summed E-state index contributed by atoms with van der Waals surface area (Å²) in [5.74, 6) is -1.36. The lowest BCUT2D eigenvalue weighted by Gasteiger charge is -2.12. The third kappa shape index (κ3) is 3.01. The van der Waals surface area contributed by atoms with Crippen molar-refractivity contribution in [1.82, 2.24) is 0 Å². The summed E-state index contributed by atoms with van der Waals surface area (Å²) >= 11 is 0. The van der Waals surface area contributed by atoms with Gasteiger partial charge in [0.1, 0.15) is 5.82 Å². The molecule has 0 atom stereocenters. The van der Waals surface area contributed by atoms with Crippen LogP contribution in [0.2, 0.25) is 0 Å². The Morgan fingerprint density at radius 3 is 2.53 bits per heavy atom. The van der Waals surface area contributed by atoms with Crippen molar-refractivity contribution in [2.75, 3.05) is 11.1 Å². The Morgan fingerprint density at radius 1 is 1.21 bits per heavy atom. The number of carboxylic acid groups (broad SMARTS) is 1. The molecule has 2 rings (SSSR count). The Bertz CT molecular complexity index is 597. The molecule has 0 aliphatic carbocycles. The molecule has 0 spiro atoms. The number of hydrogen-bond donors (Lipinski definition) is 3. The lowest BCUT2D eigenvalue weighted by molar-refractivity contribution is 0.0698. The lowest BCUT2D eigenvalue weighted by atomic mass is 10.1. The van der Waals surface area contributed by atoms with Gasteiger partial charge in [0.25, 0.3) is 0 Å². The van der Waals surface area contributed by atoms with Crippen LogP contribution in [-0.2, 0) is 6.54 Å². The zero-order chi connectivity index (χ0) is 13.8. The molecule has 0 bridgehead atoms. The largest absolute Gasteiger partial charge is 0.478 e. The topological polar surface area (TPSA) is 75.4 Å². The van der Waals surface area contributed by atoms with Crippen molar-refractivity contribution in [2.45, 2.75) is 6.54 Å². The number of carbonyl (C=O) groups is 1. The molecular weight excluding hydrogens is 247 g/mol. The van der Waals surface area contributed by atoms with Gasteiger partial charge in [-0.2, -0.15) is 0 Å². The monoisotopic (exact) mass is 260 g/mol. The molecule has 0 aliphatic heterocycles. The van der Waals surface area contributed by atoms with E-state index in [4.69, 9.17) is 10.8 Å². The standard InChI is InChI=1S/C14H13FN2O2/c15-10-6-4-9(5-7-10)8-17-13-11(14(18)19)2-1-3-12(13)16/h1-7,17H,8,16H2,(H,18,19). The number of nitrogen functional groups attached to an aromatic ring is 1. The molecule has 2 aromatic rings. The third-order valence-corrected chi connectivity index (χ3v) is 2.71. The Balaban J connectivity index is 2.19. The number of rotatable bonds is 4. The molecule has 19 heavy (non-hydrogen) atoms. The number of aromatic carboxylic acids is 1. The number of anilines is 2. The van der Waals surface area contributed by atoms with Gasteiger partial charge in [0.15, 0.2) is 0 Å². The third-order valence-electron chi connectivity index (χ3n) is 2.71. The Hall–Kier alpha value is -2.56. The molecule has 0 saturated carbocycles. The van der Waals surface area contributed by atoms with Crippen LogP contribution in [0.5, 0.6) is 0 Å². The Morgan fingerprint density at radius 2 is 1.89 bits per heavy atom. The van der Waals surface area contributed by atoms with Crippen LogP contribution in [0.1, 0.15) is 15.9 Å². The normalized spacial score (nSPS) is 10.2. The molecule has 0 aliphatic rings. The molecule has 0 fully saturated rings. The molecule has 4 nitrogen and oxygen atoms in total. The SMILES string of the molecule is Nc1cccc(C(=O)O)c1NCc1ccc(F)cc1. The first-order valence-corrected chi connectivity index (χ1v) is 5.68. The fourth-order valence-electron chi connectivity index (χ4n) is 1.74. The van der Waals surface area contributed by atoms with Crippen LogP contribution in [0, 0.1) is 5.82 Å². The summed E-state index contributed by atoms with van der Waals surface area (Å²) in [6.45, 7) is 0.370. The van der Waals surface area contributed by atoms with Crippen LogP contribution in [-0.4, -0.2) is 11.1 Å². The van der Waals surface area contributed by atoms with Gasteiger partial charge in [0, 0.05) is 6.54 Å². The second kappa shape index (κ2) is 5.39. The van der Waals surface area contributed by atoms with E-state index in [9.17, 15) is 9.18 Å². The van der Waals surface area contributed by atoms with E-state index in [2.05, 4.69) is 5.32 Å². The number of halogens is 1. The van der Waals surface area contributed by atoms with Crippen LogP contribution >= 0.6 is 0 Å². The predicted molar refractivity (Wildman–Crippen MR) is 71.5 cm³/mol. The zero-order valence-electron chi connectivity index (χ0n) is 10.1. The van der Waals surface area contributed by atoms with Crippen molar-refractivity contribution in [3.05, 3.63) is 59.4 Å². The van der Waals surface area contributed by atoms with Crippen molar-refractivity contribution in [3.63, 3.8) is 0 Å². The summed E-state index contributed by atoms with van der Waals surface area (Å²) < 4.78 is 12.8. The average molecular weight is 260 g/mol.